The molecule has 18 heavy (non-hydrogen) atoms. The van der Waals surface area contributed by atoms with Crippen LogP contribution in [-0.2, 0) is 0 Å². The summed E-state index contributed by atoms with van der Waals surface area (Å²) in [6, 6.07) is 7.10. The predicted octanol–water partition coefficient (Wildman–Crippen LogP) is 0.892. The lowest BCUT2D eigenvalue weighted by Gasteiger charge is -2.20. The van der Waals surface area contributed by atoms with Crippen molar-refractivity contribution in [3.63, 3.8) is 0 Å². The number of hydrogen-bond donors (Lipinski definition) is 1. The molecule has 1 aliphatic carbocycles. The van der Waals surface area contributed by atoms with Crippen molar-refractivity contribution in [2.24, 2.45) is 11.3 Å². The van der Waals surface area contributed by atoms with Crippen LogP contribution < -0.4 is 5.32 Å². The van der Waals surface area contributed by atoms with Gasteiger partial charge in [-0.25, -0.2) is 0 Å². The molecule has 92 valence electrons. The molecule has 4 nitrogen and oxygen atoms in total. The Bertz CT molecular complexity index is 534. The third-order valence-corrected chi connectivity index (χ3v) is 4.58. The van der Waals surface area contributed by atoms with E-state index in [1.54, 1.807) is 12.1 Å². The van der Waals surface area contributed by atoms with Crippen LogP contribution in [0, 0.1) is 11.3 Å². The zero-order valence-electron chi connectivity index (χ0n) is 9.98. The minimum Gasteiger partial charge on any atom is -0.316 e. The van der Waals surface area contributed by atoms with E-state index in [1.807, 2.05) is 12.1 Å². The smallest absolute Gasteiger partial charge is 0.261 e. The first-order valence-electron chi connectivity index (χ1n) is 6.37. The highest BCUT2D eigenvalue weighted by Gasteiger charge is 2.59. The molecule has 1 saturated carbocycles. The SMILES string of the molecule is O=C1c2ccccc2C(=O)N1CC12CNCC1C2. The predicted molar refractivity (Wildman–Crippen MR) is 65.2 cm³/mol. The molecule has 2 unspecified atom stereocenters. The molecule has 2 heterocycles. The van der Waals surface area contributed by atoms with Gasteiger partial charge in [0.25, 0.3) is 11.8 Å². The summed E-state index contributed by atoms with van der Waals surface area (Å²) in [6.45, 7) is 2.55. The molecule has 3 aliphatic rings. The van der Waals surface area contributed by atoms with Gasteiger partial charge < -0.3 is 5.32 Å². The number of rotatable bonds is 2. The molecule has 4 heteroatoms. The fraction of sp³-hybridized carbons (Fsp3) is 0.429. The first kappa shape index (κ1) is 10.3. The lowest BCUT2D eigenvalue weighted by atomic mass is 10.1. The van der Waals surface area contributed by atoms with E-state index in [0.717, 1.165) is 19.5 Å². The second-order valence-electron chi connectivity index (χ2n) is 5.64. The van der Waals surface area contributed by atoms with Crippen molar-refractivity contribution in [1.29, 1.82) is 0 Å². The topological polar surface area (TPSA) is 49.4 Å². The summed E-state index contributed by atoms with van der Waals surface area (Å²) in [4.78, 5) is 25.9. The Kier molecular flexibility index (Phi) is 1.83. The van der Waals surface area contributed by atoms with E-state index in [-0.39, 0.29) is 17.2 Å². The number of piperidine rings is 1. The maximum Gasteiger partial charge on any atom is 0.261 e. The Labute approximate surface area is 105 Å². The first-order valence-corrected chi connectivity index (χ1v) is 6.37. The molecule has 1 aromatic rings. The molecule has 0 radical (unpaired) electrons. The molecule has 0 bridgehead atoms. The van der Waals surface area contributed by atoms with Crippen molar-refractivity contribution in [3.05, 3.63) is 35.4 Å². The molecule has 2 amide bonds. The molecule has 1 aromatic carbocycles. The van der Waals surface area contributed by atoms with E-state index in [4.69, 9.17) is 0 Å². The molecule has 2 atom stereocenters. The van der Waals surface area contributed by atoms with Crippen LogP contribution in [0.3, 0.4) is 0 Å². The number of hydrogen-bond acceptors (Lipinski definition) is 3. The van der Waals surface area contributed by atoms with Gasteiger partial charge in [0.2, 0.25) is 0 Å². The normalized spacial score (nSPS) is 32.7. The van der Waals surface area contributed by atoms with Crippen LogP contribution in [0.5, 0.6) is 0 Å². The zero-order chi connectivity index (χ0) is 12.3. The summed E-state index contributed by atoms with van der Waals surface area (Å²) in [5.74, 6) is 0.409. The maximum absolute atomic E-state index is 12.2. The van der Waals surface area contributed by atoms with E-state index < -0.39 is 0 Å². The Morgan fingerprint density at radius 2 is 1.89 bits per heavy atom. The number of amides is 2. The molecular formula is C14H14N2O2. The van der Waals surface area contributed by atoms with Gasteiger partial charge in [0, 0.05) is 18.5 Å². The van der Waals surface area contributed by atoms with Gasteiger partial charge in [0.15, 0.2) is 0 Å². The molecular weight excluding hydrogens is 228 g/mol. The van der Waals surface area contributed by atoms with Crippen molar-refractivity contribution in [3.8, 4) is 0 Å². The summed E-state index contributed by atoms with van der Waals surface area (Å²) in [6.07, 6.45) is 1.15. The number of benzene rings is 1. The monoisotopic (exact) mass is 242 g/mol. The van der Waals surface area contributed by atoms with Gasteiger partial charge >= 0.3 is 0 Å². The number of carbonyl (C=O) groups excluding carboxylic acids is 2. The Morgan fingerprint density at radius 1 is 1.22 bits per heavy atom. The van der Waals surface area contributed by atoms with Gasteiger partial charge in [-0.3, -0.25) is 14.5 Å². The average Bonchev–Trinajstić information content (AvgIpc) is 2.85. The van der Waals surface area contributed by atoms with Crippen LogP contribution in [0.2, 0.25) is 0 Å². The molecule has 2 aliphatic heterocycles. The molecule has 1 N–H and O–H groups in total. The van der Waals surface area contributed by atoms with Crippen LogP contribution in [0.15, 0.2) is 24.3 Å². The third kappa shape index (κ3) is 1.18. The lowest BCUT2D eigenvalue weighted by molar-refractivity contribution is 0.0621. The summed E-state index contributed by atoms with van der Waals surface area (Å²) in [5, 5.41) is 3.34. The first-order chi connectivity index (χ1) is 8.71. The van der Waals surface area contributed by atoms with Crippen LogP contribution in [-0.4, -0.2) is 36.3 Å². The lowest BCUT2D eigenvalue weighted by Crippen LogP contribution is -2.37. The highest BCUT2D eigenvalue weighted by atomic mass is 16.2. The summed E-state index contributed by atoms with van der Waals surface area (Å²) < 4.78 is 0. The molecule has 0 aromatic heterocycles. The van der Waals surface area contributed by atoms with Crippen molar-refractivity contribution < 1.29 is 9.59 Å². The van der Waals surface area contributed by atoms with E-state index in [2.05, 4.69) is 5.32 Å². The van der Waals surface area contributed by atoms with Crippen molar-refractivity contribution >= 4 is 11.8 Å². The van der Waals surface area contributed by atoms with Gasteiger partial charge in [0.1, 0.15) is 0 Å². The number of fused-ring (bicyclic) bond motifs is 2. The largest absolute Gasteiger partial charge is 0.316 e. The Hall–Kier alpha value is -1.68. The average molecular weight is 242 g/mol. The summed E-state index contributed by atoms with van der Waals surface area (Å²) in [7, 11) is 0. The quantitative estimate of drug-likeness (QED) is 0.784. The minimum atomic E-state index is -0.123. The van der Waals surface area contributed by atoms with E-state index in [0.29, 0.717) is 23.6 Å². The fourth-order valence-corrected chi connectivity index (χ4v) is 3.38. The molecule has 4 rings (SSSR count). The molecule has 0 spiro atoms. The second-order valence-corrected chi connectivity index (χ2v) is 5.64. The van der Waals surface area contributed by atoms with Crippen LogP contribution >= 0.6 is 0 Å². The van der Waals surface area contributed by atoms with E-state index in [9.17, 15) is 9.59 Å². The van der Waals surface area contributed by atoms with Gasteiger partial charge in [-0.15, -0.1) is 0 Å². The van der Waals surface area contributed by atoms with Crippen LogP contribution in [0.25, 0.3) is 0 Å². The van der Waals surface area contributed by atoms with Gasteiger partial charge in [-0.05, 0) is 31.0 Å². The molecule has 2 fully saturated rings. The third-order valence-electron chi connectivity index (χ3n) is 4.58. The summed E-state index contributed by atoms with van der Waals surface area (Å²) in [5.41, 5.74) is 1.29. The van der Waals surface area contributed by atoms with Gasteiger partial charge in [-0.2, -0.15) is 0 Å². The molecule has 1 saturated heterocycles. The van der Waals surface area contributed by atoms with E-state index in [1.165, 1.54) is 4.90 Å². The zero-order valence-corrected chi connectivity index (χ0v) is 9.98. The Morgan fingerprint density at radius 3 is 2.39 bits per heavy atom. The van der Waals surface area contributed by atoms with Crippen molar-refractivity contribution in [2.45, 2.75) is 6.42 Å². The van der Waals surface area contributed by atoms with E-state index >= 15 is 0 Å². The number of nitrogens with one attached hydrogen (secondary N) is 1. The number of imide groups is 1. The highest BCUT2D eigenvalue weighted by Crippen LogP contribution is 2.55. The second kappa shape index (κ2) is 3.20. The van der Waals surface area contributed by atoms with Crippen LogP contribution in [0.4, 0.5) is 0 Å². The van der Waals surface area contributed by atoms with Crippen molar-refractivity contribution in [1.82, 2.24) is 10.2 Å². The standard InChI is InChI=1S/C14H14N2O2/c17-12-10-3-1-2-4-11(10)13(18)16(12)8-14-5-9(14)6-15-7-14/h1-4,9,15H,5-8H2. The minimum absolute atomic E-state index is 0.123. The fourth-order valence-electron chi connectivity index (χ4n) is 3.38. The number of nitrogens with zero attached hydrogens (tertiary/aromatic N) is 1. The van der Waals surface area contributed by atoms with Gasteiger partial charge in [0.05, 0.1) is 11.1 Å². The van der Waals surface area contributed by atoms with Gasteiger partial charge in [-0.1, -0.05) is 12.1 Å². The maximum atomic E-state index is 12.2. The van der Waals surface area contributed by atoms with Crippen molar-refractivity contribution in [2.75, 3.05) is 19.6 Å². The summed E-state index contributed by atoms with van der Waals surface area (Å²) >= 11 is 0. The number of carbonyl (C=O) groups is 2. The van der Waals surface area contributed by atoms with Crippen LogP contribution in [0.1, 0.15) is 27.1 Å². The Balaban J connectivity index is 1.65. The highest BCUT2D eigenvalue weighted by molar-refractivity contribution is 6.21.